The summed E-state index contributed by atoms with van der Waals surface area (Å²) in [5.41, 5.74) is 2.49. The van der Waals surface area contributed by atoms with E-state index in [0.29, 0.717) is 17.1 Å². The van der Waals surface area contributed by atoms with E-state index in [9.17, 15) is 5.26 Å². The number of benzene rings is 2. The SMILES string of the molecule is N#Cc1cc(Cl)c(Sc2ccccc2NCc2ccccn2)cc1C#N. The fourth-order valence-corrected chi connectivity index (χ4v) is 3.57. The standard InChI is InChI=1S/C20H13ClN4S/c21-17-9-14(11-22)15(12-23)10-20(17)26-19-7-2-1-6-18(19)25-13-16-5-3-4-8-24-16/h1-10,25H,13H2. The molecule has 0 unspecified atom stereocenters. The van der Waals surface area contributed by atoms with E-state index in [1.807, 2.05) is 54.6 Å². The molecule has 1 N–H and O–H groups in total. The van der Waals surface area contributed by atoms with E-state index in [2.05, 4.69) is 10.3 Å². The van der Waals surface area contributed by atoms with Gasteiger partial charge in [-0.05, 0) is 36.4 Å². The van der Waals surface area contributed by atoms with Gasteiger partial charge in [0.25, 0.3) is 0 Å². The molecule has 26 heavy (non-hydrogen) atoms. The highest BCUT2D eigenvalue weighted by molar-refractivity contribution is 7.99. The van der Waals surface area contributed by atoms with Crippen molar-refractivity contribution in [2.24, 2.45) is 0 Å². The third-order valence-electron chi connectivity index (χ3n) is 3.61. The molecule has 0 saturated carbocycles. The molecule has 6 heteroatoms. The number of rotatable bonds is 5. The summed E-state index contributed by atoms with van der Waals surface area (Å²) in [5.74, 6) is 0. The summed E-state index contributed by atoms with van der Waals surface area (Å²) >= 11 is 7.75. The summed E-state index contributed by atoms with van der Waals surface area (Å²) in [6.45, 7) is 0.600. The third-order valence-corrected chi connectivity index (χ3v) is 5.16. The zero-order chi connectivity index (χ0) is 18.4. The van der Waals surface area contributed by atoms with Crippen LogP contribution < -0.4 is 5.32 Å². The van der Waals surface area contributed by atoms with Crippen LogP contribution in [0.2, 0.25) is 5.02 Å². The Bertz CT molecular complexity index is 1010. The molecule has 126 valence electrons. The van der Waals surface area contributed by atoms with Crippen molar-refractivity contribution in [3.05, 3.63) is 82.6 Å². The van der Waals surface area contributed by atoms with Gasteiger partial charge in [0.1, 0.15) is 12.1 Å². The minimum absolute atomic E-state index is 0.281. The molecule has 1 heterocycles. The molecule has 0 fully saturated rings. The van der Waals surface area contributed by atoms with Gasteiger partial charge in [-0.3, -0.25) is 4.98 Å². The molecule has 0 saturated heterocycles. The summed E-state index contributed by atoms with van der Waals surface area (Å²) in [5, 5.41) is 22.1. The second-order valence-electron chi connectivity index (χ2n) is 5.32. The lowest BCUT2D eigenvalue weighted by Crippen LogP contribution is -2.02. The average Bonchev–Trinajstić information content (AvgIpc) is 2.69. The molecule has 0 spiro atoms. The van der Waals surface area contributed by atoms with E-state index in [0.717, 1.165) is 21.2 Å². The Kier molecular flexibility index (Phi) is 5.76. The number of anilines is 1. The van der Waals surface area contributed by atoms with Crippen LogP contribution in [0.3, 0.4) is 0 Å². The van der Waals surface area contributed by atoms with Gasteiger partial charge in [-0.2, -0.15) is 10.5 Å². The first-order valence-corrected chi connectivity index (χ1v) is 8.95. The predicted octanol–water partition coefficient (Wildman–Crippen LogP) is 5.24. The predicted molar refractivity (Wildman–Crippen MR) is 103 cm³/mol. The van der Waals surface area contributed by atoms with Crippen LogP contribution in [0.15, 0.2) is 70.6 Å². The second-order valence-corrected chi connectivity index (χ2v) is 6.82. The van der Waals surface area contributed by atoms with E-state index in [4.69, 9.17) is 16.9 Å². The van der Waals surface area contributed by atoms with Crippen LogP contribution >= 0.6 is 23.4 Å². The number of pyridine rings is 1. The third kappa shape index (κ3) is 4.15. The Morgan fingerprint density at radius 2 is 1.69 bits per heavy atom. The van der Waals surface area contributed by atoms with E-state index < -0.39 is 0 Å². The summed E-state index contributed by atoms with van der Waals surface area (Å²) < 4.78 is 0. The van der Waals surface area contributed by atoms with Gasteiger partial charge in [0.05, 0.1) is 28.4 Å². The Balaban J connectivity index is 1.85. The molecular weight excluding hydrogens is 364 g/mol. The van der Waals surface area contributed by atoms with Crippen molar-refractivity contribution in [2.45, 2.75) is 16.3 Å². The van der Waals surface area contributed by atoms with Crippen molar-refractivity contribution >= 4 is 29.1 Å². The molecule has 2 aromatic carbocycles. The topological polar surface area (TPSA) is 72.5 Å². The van der Waals surface area contributed by atoms with Gasteiger partial charge < -0.3 is 5.32 Å². The monoisotopic (exact) mass is 376 g/mol. The lowest BCUT2D eigenvalue weighted by Gasteiger charge is -2.12. The molecule has 0 aliphatic carbocycles. The molecule has 0 amide bonds. The van der Waals surface area contributed by atoms with E-state index in [1.165, 1.54) is 17.8 Å². The van der Waals surface area contributed by atoms with Gasteiger partial charge in [-0.15, -0.1) is 0 Å². The van der Waals surface area contributed by atoms with Gasteiger partial charge in [-0.25, -0.2) is 0 Å². The lowest BCUT2D eigenvalue weighted by molar-refractivity contribution is 1.04. The lowest BCUT2D eigenvalue weighted by atomic mass is 10.1. The molecule has 0 aliphatic heterocycles. The van der Waals surface area contributed by atoms with Crippen LogP contribution in [-0.2, 0) is 6.54 Å². The molecule has 3 aromatic rings. The molecule has 0 atom stereocenters. The van der Waals surface area contributed by atoms with E-state index in [1.54, 1.807) is 12.3 Å². The Morgan fingerprint density at radius 1 is 0.962 bits per heavy atom. The molecule has 0 aliphatic rings. The number of halogens is 1. The number of nitriles is 2. The molecule has 0 radical (unpaired) electrons. The number of hydrogen-bond acceptors (Lipinski definition) is 5. The van der Waals surface area contributed by atoms with Crippen molar-refractivity contribution in [3.8, 4) is 12.1 Å². The maximum atomic E-state index is 9.22. The zero-order valence-corrected chi connectivity index (χ0v) is 15.2. The Hall–Kier alpha value is -2.99. The van der Waals surface area contributed by atoms with Crippen molar-refractivity contribution in [2.75, 3.05) is 5.32 Å². The minimum Gasteiger partial charge on any atom is -0.378 e. The van der Waals surface area contributed by atoms with Gasteiger partial charge in [0.2, 0.25) is 0 Å². The first-order valence-electron chi connectivity index (χ1n) is 7.75. The van der Waals surface area contributed by atoms with E-state index >= 15 is 0 Å². The van der Waals surface area contributed by atoms with Crippen molar-refractivity contribution in [1.29, 1.82) is 10.5 Å². The molecule has 1 aromatic heterocycles. The molecule has 4 nitrogen and oxygen atoms in total. The number of para-hydroxylation sites is 1. The number of hydrogen-bond donors (Lipinski definition) is 1. The van der Waals surface area contributed by atoms with Crippen molar-refractivity contribution in [3.63, 3.8) is 0 Å². The minimum atomic E-state index is 0.281. The van der Waals surface area contributed by atoms with Gasteiger partial charge in [-0.1, -0.05) is 41.6 Å². The highest BCUT2D eigenvalue weighted by Crippen LogP contribution is 2.38. The quantitative estimate of drug-likeness (QED) is 0.659. The summed E-state index contributed by atoms with van der Waals surface area (Å²) in [6.07, 6.45) is 1.76. The first-order chi connectivity index (χ1) is 12.7. The van der Waals surface area contributed by atoms with Crippen molar-refractivity contribution in [1.82, 2.24) is 4.98 Å². The van der Waals surface area contributed by atoms with Crippen LogP contribution in [0.5, 0.6) is 0 Å². The molecular formula is C20H13ClN4S. The van der Waals surface area contributed by atoms with Crippen LogP contribution in [0.4, 0.5) is 5.69 Å². The summed E-state index contributed by atoms with van der Waals surface area (Å²) in [7, 11) is 0. The Morgan fingerprint density at radius 3 is 2.42 bits per heavy atom. The first kappa shape index (κ1) is 17.8. The number of nitrogens with zero attached hydrogens (tertiary/aromatic N) is 3. The van der Waals surface area contributed by atoms with Gasteiger partial charge in [0, 0.05) is 21.7 Å². The fourth-order valence-electron chi connectivity index (χ4n) is 2.33. The van der Waals surface area contributed by atoms with Crippen LogP contribution in [0, 0.1) is 22.7 Å². The molecule has 0 bridgehead atoms. The second kappa shape index (κ2) is 8.40. The molecule has 3 rings (SSSR count). The fraction of sp³-hybridized carbons (Fsp3) is 0.0500. The van der Waals surface area contributed by atoms with E-state index in [-0.39, 0.29) is 5.56 Å². The van der Waals surface area contributed by atoms with Gasteiger partial charge in [0.15, 0.2) is 0 Å². The number of aromatic nitrogens is 1. The average molecular weight is 377 g/mol. The van der Waals surface area contributed by atoms with Crippen LogP contribution in [0.1, 0.15) is 16.8 Å². The maximum absolute atomic E-state index is 9.22. The zero-order valence-electron chi connectivity index (χ0n) is 13.6. The van der Waals surface area contributed by atoms with Crippen molar-refractivity contribution < 1.29 is 0 Å². The smallest absolute Gasteiger partial charge is 0.101 e. The maximum Gasteiger partial charge on any atom is 0.101 e. The van der Waals surface area contributed by atoms with Gasteiger partial charge >= 0.3 is 0 Å². The largest absolute Gasteiger partial charge is 0.378 e. The summed E-state index contributed by atoms with van der Waals surface area (Å²) in [6, 6.07) is 20.9. The number of nitrogens with one attached hydrogen (secondary N) is 1. The highest BCUT2D eigenvalue weighted by Gasteiger charge is 2.12. The Labute approximate surface area is 161 Å². The highest BCUT2D eigenvalue weighted by atomic mass is 35.5. The van der Waals surface area contributed by atoms with Crippen LogP contribution in [0.25, 0.3) is 0 Å². The van der Waals surface area contributed by atoms with Crippen LogP contribution in [-0.4, -0.2) is 4.98 Å². The normalized spacial score (nSPS) is 9.96. The summed E-state index contributed by atoms with van der Waals surface area (Å²) in [4.78, 5) is 6.01.